The fourth-order valence-corrected chi connectivity index (χ4v) is 1.18. The number of hydrogen-bond donors (Lipinski definition) is 1. The monoisotopic (exact) mass is 197 g/mol. The smallest absolute Gasteiger partial charge is 0.309 e. The summed E-state index contributed by atoms with van der Waals surface area (Å²) < 4.78 is 17.4. The molecule has 1 aromatic carbocycles. The van der Waals surface area contributed by atoms with Gasteiger partial charge in [0.2, 0.25) is 0 Å². The molecule has 0 spiro atoms. The first-order chi connectivity index (χ1) is 6.65. The van der Waals surface area contributed by atoms with Gasteiger partial charge in [0, 0.05) is 6.54 Å². The Morgan fingerprint density at radius 2 is 2.07 bits per heavy atom. The second-order valence-corrected chi connectivity index (χ2v) is 2.92. The normalized spacial score (nSPS) is 9.93. The lowest BCUT2D eigenvalue weighted by Gasteiger charge is -2.03. The molecule has 0 fully saturated rings. The molecule has 0 aliphatic carbocycles. The van der Waals surface area contributed by atoms with E-state index in [9.17, 15) is 9.18 Å². The van der Waals surface area contributed by atoms with Gasteiger partial charge in [-0.05, 0) is 23.3 Å². The summed E-state index contributed by atoms with van der Waals surface area (Å²) in [7, 11) is 1.30. The van der Waals surface area contributed by atoms with E-state index in [0.717, 1.165) is 0 Å². The van der Waals surface area contributed by atoms with Crippen LogP contribution in [0.3, 0.4) is 0 Å². The molecule has 1 rings (SSSR count). The Balaban J connectivity index is 2.86. The first-order valence-corrected chi connectivity index (χ1v) is 4.21. The zero-order valence-corrected chi connectivity index (χ0v) is 7.92. The Hall–Kier alpha value is -1.42. The zero-order valence-electron chi connectivity index (χ0n) is 7.92. The van der Waals surface area contributed by atoms with Gasteiger partial charge >= 0.3 is 5.97 Å². The van der Waals surface area contributed by atoms with Crippen LogP contribution < -0.4 is 5.73 Å². The van der Waals surface area contributed by atoms with E-state index in [1.807, 2.05) is 0 Å². The first-order valence-electron chi connectivity index (χ1n) is 4.21. The van der Waals surface area contributed by atoms with Crippen LogP contribution in [0.5, 0.6) is 0 Å². The maximum absolute atomic E-state index is 13.0. The predicted octanol–water partition coefficient (Wildman–Crippen LogP) is 1.000. The summed E-state index contributed by atoms with van der Waals surface area (Å²) in [5.41, 5.74) is 6.62. The van der Waals surface area contributed by atoms with Crippen molar-refractivity contribution in [2.75, 3.05) is 7.11 Å². The number of esters is 1. The minimum atomic E-state index is -0.390. The van der Waals surface area contributed by atoms with Crippen LogP contribution in [0.2, 0.25) is 0 Å². The van der Waals surface area contributed by atoms with Gasteiger partial charge in [0.25, 0.3) is 0 Å². The van der Waals surface area contributed by atoms with Crippen molar-refractivity contribution in [3.8, 4) is 0 Å². The van der Waals surface area contributed by atoms with Gasteiger partial charge in [0.1, 0.15) is 5.82 Å². The third-order valence-electron chi connectivity index (χ3n) is 1.83. The van der Waals surface area contributed by atoms with Crippen molar-refractivity contribution in [2.45, 2.75) is 13.0 Å². The molecule has 0 aliphatic heterocycles. The van der Waals surface area contributed by atoms with Crippen LogP contribution >= 0.6 is 0 Å². The fourth-order valence-electron chi connectivity index (χ4n) is 1.18. The maximum atomic E-state index is 13.0. The zero-order chi connectivity index (χ0) is 10.6. The van der Waals surface area contributed by atoms with Crippen LogP contribution in [-0.4, -0.2) is 13.1 Å². The van der Waals surface area contributed by atoms with Crippen molar-refractivity contribution in [2.24, 2.45) is 5.73 Å². The lowest BCUT2D eigenvalue weighted by Crippen LogP contribution is -2.06. The molecule has 0 aliphatic rings. The summed E-state index contributed by atoms with van der Waals surface area (Å²) in [5, 5.41) is 0. The second kappa shape index (κ2) is 4.72. The van der Waals surface area contributed by atoms with Crippen LogP contribution in [-0.2, 0) is 22.5 Å². The van der Waals surface area contributed by atoms with Crippen LogP contribution in [0.4, 0.5) is 4.39 Å². The molecule has 0 aromatic heterocycles. The summed E-state index contributed by atoms with van der Waals surface area (Å²) in [6, 6.07) is 4.34. The largest absolute Gasteiger partial charge is 0.469 e. The van der Waals surface area contributed by atoms with E-state index < -0.39 is 5.97 Å². The summed E-state index contributed by atoms with van der Waals surface area (Å²) in [5.74, 6) is -0.773. The van der Waals surface area contributed by atoms with Crippen molar-refractivity contribution in [3.63, 3.8) is 0 Å². The predicted molar refractivity (Wildman–Crippen MR) is 50.0 cm³/mol. The average molecular weight is 197 g/mol. The molecule has 0 amide bonds. The summed E-state index contributed by atoms with van der Waals surface area (Å²) in [6.07, 6.45) is 0.0707. The molecule has 0 saturated carbocycles. The number of nitrogens with two attached hydrogens (primary N) is 1. The quantitative estimate of drug-likeness (QED) is 0.735. The van der Waals surface area contributed by atoms with Gasteiger partial charge in [-0.25, -0.2) is 4.39 Å². The van der Waals surface area contributed by atoms with Gasteiger partial charge in [-0.2, -0.15) is 0 Å². The highest BCUT2D eigenvalue weighted by molar-refractivity contribution is 5.72. The number of methoxy groups -OCH3 is 1. The van der Waals surface area contributed by atoms with E-state index in [-0.39, 0.29) is 18.8 Å². The third kappa shape index (κ3) is 2.81. The second-order valence-electron chi connectivity index (χ2n) is 2.92. The molecular formula is C10H12FNO2. The number of carbonyl (C=O) groups is 1. The number of rotatable bonds is 3. The Bertz CT molecular complexity index is 339. The first kappa shape index (κ1) is 10.7. The lowest BCUT2D eigenvalue weighted by atomic mass is 10.1. The van der Waals surface area contributed by atoms with Crippen molar-refractivity contribution in [1.29, 1.82) is 0 Å². The summed E-state index contributed by atoms with van der Waals surface area (Å²) in [6.45, 7) is 0.256. The van der Waals surface area contributed by atoms with E-state index in [2.05, 4.69) is 4.74 Å². The Morgan fingerprint density at radius 3 is 2.64 bits per heavy atom. The molecule has 76 valence electrons. The van der Waals surface area contributed by atoms with E-state index >= 15 is 0 Å². The van der Waals surface area contributed by atoms with Crippen molar-refractivity contribution in [1.82, 2.24) is 0 Å². The highest BCUT2D eigenvalue weighted by Gasteiger charge is 2.05. The van der Waals surface area contributed by atoms with E-state index in [4.69, 9.17) is 5.73 Å². The molecule has 1 aromatic rings. The molecule has 0 heterocycles. The number of hydrogen-bond acceptors (Lipinski definition) is 3. The molecule has 14 heavy (non-hydrogen) atoms. The topological polar surface area (TPSA) is 52.3 Å². The standard InChI is InChI=1S/C10H12FNO2/c1-14-10(13)5-7-2-8(6-12)4-9(11)3-7/h2-4H,5-6,12H2,1H3. The van der Waals surface area contributed by atoms with Gasteiger partial charge in [-0.3, -0.25) is 4.79 Å². The van der Waals surface area contributed by atoms with Crippen molar-refractivity contribution >= 4 is 5.97 Å². The van der Waals surface area contributed by atoms with Gasteiger partial charge in [-0.15, -0.1) is 0 Å². The van der Waals surface area contributed by atoms with E-state index in [0.29, 0.717) is 11.1 Å². The average Bonchev–Trinajstić information content (AvgIpc) is 2.16. The molecule has 3 nitrogen and oxygen atoms in total. The SMILES string of the molecule is COC(=O)Cc1cc(F)cc(CN)c1. The van der Waals surface area contributed by atoms with Crippen LogP contribution in [0, 0.1) is 5.82 Å². The molecule has 0 radical (unpaired) electrons. The van der Waals surface area contributed by atoms with Crippen LogP contribution in [0.15, 0.2) is 18.2 Å². The van der Waals surface area contributed by atoms with Crippen LogP contribution in [0.1, 0.15) is 11.1 Å². The van der Waals surface area contributed by atoms with Gasteiger partial charge in [-0.1, -0.05) is 6.07 Å². The molecule has 0 bridgehead atoms. The van der Waals surface area contributed by atoms with E-state index in [1.165, 1.54) is 19.2 Å². The highest BCUT2D eigenvalue weighted by Crippen LogP contribution is 2.09. The van der Waals surface area contributed by atoms with Gasteiger partial charge < -0.3 is 10.5 Å². The molecule has 0 saturated heterocycles. The Morgan fingerprint density at radius 1 is 1.43 bits per heavy atom. The van der Waals surface area contributed by atoms with Gasteiger partial charge in [0.05, 0.1) is 13.5 Å². The number of carbonyl (C=O) groups excluding carboxylic acids is 1. The highest BCUT2D eigenvalue weighted by atomic mass is 19.1. The Labute approximate surface area is 81.7 Å². The number of benzene rings is 1. The summed E-state index contributed by atoms with van der Waals surface area (Å²) >= 11 is 0. The van der Waals surface area contributed by atoms with Gasteiger partial charge in [0.15, 0.2) is 0 Å². The molecule has 2 N–H and O–H groups in total. The molecular weight excluding hydrogens is 185 g/mol. The summed E-state index contributed by atoms with van der Waals surface area (Å²) in [4.78, 5) is 10.9. The number of ether oxygens (including phenoxy) is 1. The third-order valence-corrected chi connectivity index (χ3v) is 1.83. The molecule has 4 heteroatoms. The van der Waals surface area contributed by atoms with Crippen molar-refractivity contribution < 1.29 is 13.9 Å². The lowest BCUT2D eigenvalue weighted by molar-refractivity contribution is -0.139. The minimum absolute atomic E-state index is 0.0707. The number of halogens is 1. The Kier molecular flexibility index (Phi) is 3.59. The fraction of sp³-hybridized carbons (Fsp3) is 0.300. The van der Waals surface area contributed by atoms with Crippen molar-refractivity contribution in [3.05, 3.63) is 35.1 Å². The molecule has 0 unspecified atom stereocenters. The minimum Gasteiger partial charge on any atom is -0.469 e. The maximum Gasteiger partial charge on any atom is 0.309 e. The van der Waals surface area contributed by atoms with Crippen LogP contribution in [0.25, 0.3) is 0 Å². The molecule has 0 atom stereocenters. The van der Waals surface area contributed by atoms with E-state index in [1.54, 1.807) is 6.07 Å².